The molecule has 1 atom stereocenters. The summed E-state index contributed by atoms with van der Waals surface area (Å²) in [7, 11) is 1.70. The second-order valence-corrected chi connectivity index (χ2v) is 4.95. The molecule has 0 aliphatic carbocycles. The van der Waals surface area contributed by atoms with Crippen molar-refractivity contribution in [1.82, 2.24) is 5.32 Å². The smallest absolute Gasteiger partial charge is 0.0716 e. The zero-order chi connectivity index (χ0) is 12.9. The van der Waals surface area contributed by atoms with Crippen molar-refractivity contribution in [2.24, 2.45) is 0 Å². The van der Waals surface area contributed by atoms with Crippen molar-refractivity contribution in [3.63, 3.8) is 0 Å². The van der Waals surface area contributed by atoms with Crippen LogP contribution in [0.5, 0.6) is 0 Å². The minimum absolute atomic E-state index is 0.291. The van der Waals surface area contributed by atoms with E-state index in [1.54, 1.807) is 14.0 Å². The van der Waals surface area contributed by atoms with Crippen molar-refractivity contribution < 1.29 is 9.84 Å². The molecule has 2 N–H and O–H groups in total. The molecule has 0 radical (unpaired) electrons. The fraction of sp³-hybridized carbons (Fsp3) is 0.571. The van der Waals surface area contributed by atoms with E-state index in [4.69, 9.17) is 4.74 Å². The van der Waals surface area contributed by atoms with Gasteiger partial charge in [-0.2, -0.15) is 0 Å². The van der Waals surface area contributed by atoms with Crippen molar-refractivity contribution >= 4 is 0 Å². The first kappa shape index (κ1) is 14.2. The summed E-state index contributed by atoms with van der Waals surface area (Å²) in [6, 6.07) is 8.18. The Kier molecular flexibility index (Phi) is 5.12. The molecule has 0 heterocycles. The summed E-state index contributed by atoms with van der Waals surface area (Å²) in [4.78, 5) is 0. The molecule has 1 aromatic rings. The predicted octanol–water partition coefficient (Wildman–Crippen LogP) is 2.08. The Morgan fingerprint density at radius 3 is 2.41 bits per heavy atom. The van der Waals surface area contributed by atoms with E-state index in [1.807, 2.05) is 26.0 Å². The topological polar surface area (TPSA) is 41.5 Å². The van der Waals surface area contributed by atoms with Crippen LogP contribution in [0, 0.1) is 0 Å². The third-order valence-electron chi connectivity index (χ3n) is 3.20. The van der Waals surface area contributed by atoms with Crippen LogP contribution in [0.2, 0.25) is 0 Å². The summed E-state index contributed by atoms with van der Waals surface area (Å²) < 4.78 is 5.17. The molecule has 17 heavy (non-hydrogen) atoms. The highest BCUT2D eigenvalue weighted by Crippen LogP contribution is 2.13. The second kappa shape index (κ2) is 6.15. The number of nitrogens with one attached hydrogen (secondary N) is 1. The van der Waals surface area contributed by atoms with Crippen LogP contribution in [-0.2, 0) is 17.9 Å². The van der Waals surface area contributed by atoms with Gasteiger partial charge in [-0.05, 0) is 31.9 Å². The van der Waals surface area contributed by atoms with Gasteiger partial charge < -0.3 is 15.2 Å². The molecule has 3 nitrogen and oxygen atoms in total. The predicted molar refractivity (Wildman–Crippen MR) is 69.8 cm³/mol. The Bertz CT molecular complexity index is 348. The maximum Gasteiger partial charge on any atom is 0.0716 e. The van der Waals surface area contributed by atoms with E-state index in [1.165, 1.54) is 11.1 Å². The Labute approximate surface area is 104 Å². The van der Waals surface area contributed by atoms with E-state index in [9.17, 15) is 5.11 Å². The van der Waals surface area contributed by atoms with Gasteiger partial charge in [0.15, 0.2) is 0 Å². The van der Waals surface area contributed by atoms with Crippen molar-refractivity contribution in [2.45, 2.75) is 45.6 Å². The van der Waals surface area contributed by atoms with Gasteiger partial charge >= 0.3 is 0 Å². The lowest BCUT2D eigenvalue weighted by atomic mass is 9.98. The van der Waals surface area contributed by atoms with Gasteiger partial charge in [-0.3, -0.25) is 0 Å². The van der Waals surface area contributed by atoms with E-state index in [0.29, 0.717) is 6.61 Å². The highest BCUT2D eigenvalue weighted by molar-refractivity contribution is 5.26. The molecule has 0 aliphatic heterocycles. The molecular weight excluding hydrogens is 214 g/mol. The Morgan fingerprint density at radius 2 is 1.88 bits per heavy atom. The average molecular weight is 237 g/mol. The number of benzene rings is 1. The first-order chi connectivity index (χ1) is 7.97. The van der Waals surface area contributed by atoms with Crippen LogP contribution in [0.4, 0.5) is 0 Å². The van der Waals surface area contributed by atoms with Gasteiger partial charge in [0.05, 0.1) is 12.7 Å². The van der Waals surface area contributed by atoms with Crippen LogP contribution in [0.1, 0.15) is 31.9 Å². The van der Waals surface area contributed by atoms with Crippen molar-refractivity contribution in [3.05, 3.63) is 35.4 Å². The molecule has 3 heteroatoms. The van der Waals surface area contributed by atoms with Crippen LogP contribution in [0.15, 0.2) is 24.3 Å². The number of aliphatic hydroxyl groups excluding tert-OH is 1. The monoisotopic (exact) mass is 237 g/mol. The van der Waals surface area contributed by atoms with Gasteiger partial charge in [0.2, 0.25) is 0 Å². The molecule has 0 fully saturated rings. The number of aliphatic hydroxyl groups is 1. The fourth-order valence-corrected chi connectivity index (χ4v) is 1.50. The van der Waals surface area contributed by atoms with Gasteiger partial charge in [-0.1, -0.05) is 24.3 Å². The molecule has 96 valence electrons. The summed E-state index contributed by atoms with van der Waals surface area (Å²) >= 11 is 0. The first-order valence-electron chi connectivity index (χ1n) is 5.96. The SMILES string of the molecule is COCc1ccccc1CNC(C)(C)C(C)O. The first-order valence-corrected chi connectivity index (χ1v) is 5.96. The quantitative estimate of drug-likeness (QED) is 0.796. The molecule has 1 unspecified atom stereocenters. The fourth-order valence-electron chi connectivity index (χ4n) is 1.50. The zero-order valence-electron chi connectivity index (χ0n) is 11.2. The Morgan fingerprint density at radius 1 is 1.29 bits per heavy atom. The van der Waals surface area contributed by atoms with E-state index in [0.717, 1.165) is 6.54 Å². The van der Waals surface area contributed by atoms with Gasteiger partial charge in [0.25, 0.3) is 0 Å². The summed E-state index contributed by atoms with van der Waals surface area (Å²) in [5.74, 6) is 0. The average Bonchev–Trinajstić information content (AvgIpc) is 2.28. The molecule has 0 saturated heterocycles. The van der Waals surface area contributed by atoms with E-state index in [2.05, 4.69) is 17.4 Å². The van der Waals surface area contributed by atoms with E-state index in [-0.39, 0.29) is 5.54 Å². The normalized spacial score (nSPS) is 13.7. The van der Waals surface area contributed by atoms with Gasteiger partial charge in [0.1, 0.15) is 0 Å². The molecule has 0 aromatic heterocycles. The highest BCUT2D eigenvalue weighted by Gasteiger charge is 2.23. The number of ether oxygens (including phenoxy) is 1. The summed E-state index contributed by atoms with van der Waals surface area (Å²) in [5, 5.41) is 13.0. The lowest BCUT2D eigenvalue weighted by Crippen LogP contribution is -2.47. The lowest BCUT2D eigenvalue weighted by Gasteiger charge is -2.30. The van der Waals surface area contributed by atoms with Crippen LogP contribution in [0.3, 0.4) is 0 Å². The summed E-state index contributed by atoms with van der Waals surface area (Å²) in [5.41, 5.74) is 2.10. The summed E-state index contributed by atoms with van der Waals surface area (Å²) in [6.07, 6.45) is -0.392. The van der Waals surface area contributed by atoms with E-state index >= 15 is 0 Å². The van der Waals surface area contributed by atoms with Gasteiger partial charge in [-0.15, -0.1) is 0 Å². The van der Waals surface area contributed by atoms with Gasteiger partial charge in [-0.25, -0.2) is 0 Å². The Hall–Kier alpha value is -0.900. The molecular formula is C14H23NO2. The van der Waals surface area contributed by atoms with Crippen molar-refractivity contribution in [2.75, 3.05) is 7.11 Å². The molecule has 0 bridgehead atoms. The molecule has 1 rings (SSSR count). The standard InChI is InChI=1S/C14H23NO2/c1-11(16)14(2,3)15-9-12-7-5-6-8-13(12)10-17-4/h5-8,11,15-16H,9-10H2,1-4H3. The molecule has 0 spiro atoms. The van der Waals surface area contributed by atoms with Crippen LogP contribution < -0.4 is 5.32 Å². The Balaban J connectivity index is 2.69. The zero-order valence-corrected chi connectivity index (χ0v) is 11.2. The highest BCUT2D eigenvalue weighted by atomic mass is 16.5. The largest absolute Gasteiger partial charge is 0.392 e. The lowest BCUT2D eigenvalue weighted by molar-refractivity contribution is 0.0954. The third-order valence-corrected chi connectivity index (χ3v) is 3.20. The van der Waals surface area contributed by atoms with Crippen molar-refractivity contribution in [3.8, 4) is 0 Å². The molecule has 0 aliphatic rings. The van der Waals surface area contributed by atoms with E-state index < -0.39 is 6.10 Å². The summed E-state index contributed by atoms with van der Waals surface area (Å²) in [6.45, 7) is 7.14. The van der Waals surface area contributed by atoms with Crippen LogP contribution >= 0.6 is 0 Å². The molecule has 0 saturated carbocycles. The van der Waals surface area contributed by atoms with Crippen molar-refractivity contribution in [1.29, 1.82) is 0 Å². The number of rotatable bonds is 6. The minimum Gasteiger partial charge on any atom is -0.392 e. The maximum absolute atomic E-state index is 9.64. The number of hydrogen-bond acceptors (Lipinski definition) is 3. The van der Waals surface area contributed by atoms with Crippen LogP contribution in [-0.4, -0.2) is 23.9 Å². The molecule has 1 aromatic carbocycles. The second-order valence-electron chi connectivity index (χ2n) is 4.95. The maximum atomic E-state index is 9.64. The van der Waals surface area contributed by atoms with Crippen LogP contribution in [0.25, 0.3) is 0 Å². The minimum atomic E-state index is -0.392. The van der Waals surface area contributed by atoms with Gasteiger partial charge in [0, 0.05) is 19.2 Å². The number of methoxy groups -OCH3 is 1. The molecule has 0 amide bonds. The number of hydrogen-bond donors (Lipinski definition) is 2. The third kappa shape index (κ3) is 4.11.